The maximum atomic E-state index is 14.1. The number of nitrogens with one attached hydrogen (secondary N) is 1. The number of benzene rings is 2. The third-order valence-corrected chi connectivity index (χ3v) is 6.70. The van der Waals surface area contributed by atoms with Crippen molar-refractivity contribution in [2.75, 3.05) is 31.1 Å². The Labute approximate surface area is 189 Å². The molecule has 8 heteroatoms. The molecule has 4 nitrogen and oxygen atoms in total. The van der Waals surface area contributed by atoms with E-state index in [-0.39, 0.29) is 17.9 Å². The van der Waals surface area contributed by atoms with Crippen LogP contribution < -0.4 is 10.2 Å². The third-order valence-electron chi connectivity index (χ3n) is 5.76. The Hall–Kier alpha value is -2.84. The maximum absolute atomic E-state index is 14.1. The third kappa shape index (κ3) is 4.81. The predicted molar refractivity (Wildman–Crippen MR) is 121 cm³/mol. The van der Waals surface area contributed by atoms with E-state index >= 15 is 0 Å². The van der Waals surface area contributed by atoms with Crippen molar-refractivity contribution in [2.45, 2.75) is 19.0 Å². The summed E-state index contributed by atoms with van der Waals surface area (Å²) in [6.45, 7) is 4.81. The van der Waals surface area contributed by atoms with Gasteiger partial charge in [-0.3, -0.25) is 9.69 Å². The molecule has 2 atom stereocenters. The Kier molecular flexibility index (Phi) is 6.81. The minimum absolute atomic E-state index is 0.135. The molecule has 1 aliphatic rings. The Morgan fingerprint density at radius 3 is 2.19 bits per heavy atom. The molecule has 0 aliphatic carbocycles. The van der Waals surface area contributed by atoms with Gasteiger partial charge >= 0.3 is 0 Å². The standard InChI is InChI=1S/C24H24F3N3OS/c1-16(28-24(31)22-19(26)4-2-5-20(22)27)23(21-6-3-15-32-21)30-13-11-29(12-14-30)18-9-7-17(25)8-10-18/h2-10,15-16,23H,11-14H2,1H3,(H,28,31). The number of amides is 1. The van der Waals surface area contributed by atoms with Crippen molar-refractivity contribution in [3.8, 4) is 0 Å². The van der Waals surface area contributed by atoms with Crippen LogP contribution in [-0.4, -0.2) is 43.0 Å². The predicted octanol–water partition coefficient (Wildman–Crippen LogP) is 4.85. The van der Waals surface area contributed by atoms with Crippen LogP contribution in [0.15, 0.2) is 60.0 Å². The van der Waals surface area contributed by atoms with Crippen molar-refractivity contribution in [2.24, 2.45) is 0 Å². The van der Waals surface area contributed by atoms with Crippen LogP contribution in [0.1, 0.15) is 28.2 Å². The van der Waals surface area contributed by atoms with Crippen LogP contribution in [0.3, 0.4) is 0 Å². The maximum Gasteiger partial charge on any atom is 0.257 e. The smallest absolute Gasteiger partial charge is 0.257 e. The van der Waals surface area contributed by atoms with Crippen molar-refractivity contribution >= 4 is 22.9 Å². The van der Waals surface area contributed by atoms with Gasteiger partial charge in [0, 0.05) is 42.8 Å². The molecule has 0 bridgehead atoms. The number of anilines is 1. The lowest BCUT2D eigenvalue weighted by Crippen LogP contribution is -2.52. The number of hydrogen-bond acceptors (Lipinski definition) is 4. The lowest BCUT2D eigenvalue weighted by molar-refractivity contribution is 0.0882. The fourth-order valence-corrected chi connectivity index (χ4v) is 5.15. The summed E-state index contributed by atoms with van der Waals surface area (Å²) in [4.78, 5) is 18.2. The van der Waals surface area contributed by atoms with E-state index < -0.39 is 23.1 Å². The summed E-state index contributed by atoms with van der Waals surface area (Å²) < 4.78 is 41.4. The first-order valence-electron chi connectivity index (χ1n) is 10.5. The van der Waals surface area contributed by atoms with E-state index in [9.17, 15) is 18.0 Å². The van der Waals surface area contributed by atoms with Gasteiger partial charge in [-0.2, -0.15) is 0 Å². The van der Waals surface area contributed by atoms with Gasteiger partial charge in [-0.05, 0) is 54.8 Å². The van der Waals surface area contributed by atoms with Crippen LogP contribution in [-0.2, 0) is 0 Å². The second kappa shape index (κ2) is 9.75. The largest absolute Gasteiger partial charge is 0.369 e. The molecule has 0 radical (unpaired) electrons. The molecule has 1 fully saturated rings. The van der Waals surface area contributed by atoms with Crippen LogP contribution >= 0.6 is 11.3 Å². The van der Waals surface area contributed by atoms with Crippen molar-refractivity contribution in [1.82, 2.24) is 10.2 Å². The number of rotatable bonds is 6. The molecule has 0 saturated carbocycles. The quantitative estimate of drug-likeness (QED) is 0.573. The van der Waals surface area contributed by atoms with Gasteiger partial charge < -0.3 is 10.2 Å². The SMILES string of the molecule is CC(NC(=O)c1c(F)cccc1F)C(c1cccs1)N1CCN(c2ccc(F)cc2)CC1. The zero-order chi connectivity index (χ0) is 22.7. The molecule has 4 rings (SSSR count). The molecule has 2 unspecified atom stereocenters. The summed E-state index contributed by atoms with van der Waals surface area (Å²) in [5, 5.41) is 4.78. The molecule has 1 aliphatic heterocycles. The molecule has 2 aromatic carbocycles. The Morgan fingerprint density at radius 2 is 1.59 bits per heavy atom. The lowest BCUT2D eigenvalue weighted by atomic mass is 10.0. The van der Waals surface area contributed by atoms with E-state index in [0.29, 0.717) is 0 Å². The number of nitrogens with zero attached hydrogens (tertiary/aromatic N) is 2. The molecular weight excluding hydrogens is 435 g/mol. The van der Waals surface area contributed by atoms with E-state index in [2.05, 4.69) is 15.1 Å². The van der Waals surface area contributed by atoms with Crippen LogP contribution in [0.5, 0.6) is 0 Å². The van der Waals surface area contributed by atoms with Gasteiger partial charge in [0.05, 0.1) is 6.04 Å². The van der Waals surface area contributed by atoms with Crippen molar-refractivity contribution < 1.29 is 18.0 Å². The second-order valence-corrected chi connectivity index (χ2v) is 8.80. The van der Waals surface area contributed by atoms with Crippen molar-refractivity contribution in [1.29, 1.82) is 0 Å². The highest BCUT2D eigenvalue weighted by Crippen LogP contribution is 2.30. The lowest BCUT2D eigenvalue weighted by Gasteiger charge is -2.42. The molecule has 0 spiro atoms. The summed E-state index contributed by atoms with van der Waals surface area (Å²) in [6.07, 6.45) is 0. The van der Waals surface area contributed by atoms with Crippen molar-refractivity contribution in [3.63, 3.8) is 0 Å². The first-order valence-corrected chi connectivity index (χ1v) is 11.3. The Bertz CT molecular complexity index is 1030. The summed E-state index contributed by atoms with van der Waals surface area (Å²) >= 11 is 1.58. The summed E-state index contributed by atoms with van der Waals surface area (Å²) in [6, 6.07) is 13.3. The van der Waals surface area contributed by atoms with Gasteiger partial charge in [0.25, 0.3) is 5.91 Å². The molecule has 1 N–H and O–H groups in total. The highest BCUT2D eigenvalue weighted by Gasteiger charge is 2.32. The molecule has 2 heterocycles. The average molecular weight is 460 g/mol. The van der Waals surface area contributed by atoms with Gasteiger partial charge in [-0.25, -0.2) is 13.2 Å². The molecule has 32 heavy (non-hydrogen) atoms. The van der Waals surface area contributed by atoms with Crippen LogP contribution in [0.2, 0.25) is 0 Å². The average Bonchev–Trinajstić information content (AvgIpc) is 3.29. The zero-order valence-electron chi connectivity index (χ0n) is 17.6. The van der Waals surface area contributed by atoms with Gasteiger partial charge in [-0.15, -0.1) is 11.3 Å². The van der Waals surface area contributed by atoms with Gasteiger partial charge in [0.2, 0.25) is 0 Å². The van der Waals surface area contributed by atoms with Gasteiger partial charge in [0.15, 0.2) is 0 Å². The number of carbonyl (C=O) groups is 1. The molecule has 1 saturated heterocycles. The molecule has 1 amide bonds. The number of carbonyl (C=O) groups excluding carboxylic acids is 1. The summed E-state index contributed by atoms with van der Waals surface area (Å²) in [5.74, 6) is -2.79. The summed E-state index contributed by atoms with van der Waals surface area (Å²) in [7, 11) is 0. The summed E-state index contributed by atoms with van der Waals surface area (Å²) in [5.41, 5.74) is 0.403. The minimum atomic E-state index is -0.879. The first-order chi connectivity index (χ1) is 15.4. The number of piperazine rings is 1. The highest BCUT2D eigenvalue weighted by atomic mass is 32.1. The molecule has 1 aromatic heterocycles. The topological polar surface area (TPSA) is 35.6 Å². The number of halogens is 3. The van der Waals surface area contributed by atoms with Crippen LogP contribution in [0.4, 0.5) is 18.9 Å². The first kappa shape index (κ1) is 22.4. The number of hydrogen-bond donors (Lipinski definition) is 1. The zero-order valence-corrected chi connectivity index (χ0v) is 18.4. The minimum Gasteiger partial charge on any atom is -0.369 e. The fourth-order valence-electron chi connectivity index (χ4n) is 4.18. The fraction of sp³-hybridized carbons (Fsp3) is 0.292. The normalized spacial score (nSPS) is 16.6. The van der Waals surface area contributed by atoms with E-state index in [1.54, 1.807) is 23.5 Å². The van der Waals surface area contributed by atoms with Crippen LogP contribution in [0.25, 0.3) is 0 Å². The number of thiophene rings is 1. The van der Waals surface area contributed by atoms with E-state index in [1.807, 2.05) is 24.4 Å². The van der Waals surface area contributed by atoms with E-state index in [4.69, 9.17) is 0 Å². The highest BCUT2D eigenvalue weighted by molar-refractivity contribution is 7.10. The molecule has 168 valence electrons. The molecule has 3 aromatic rings. The monoisotopic (exact) mass is 459 g/mol. The second-order valence-electron chi connectivity index (χ2n) is 7.82. The van der Waals surface area contributed by atoms with E-state index in [0.717, 1.165) is 48.9 Å². The van der Waals surface area contributed by atoms with E-state index in [1.165, 1.54) is 18.2 Å². The Balaban J connectivity index is 1.48. The van der Waals surface area contributed by atoms with Gasteiger partial charge in [-0.1, -0.05) is 12.1 Å². The van der Waals surface area contributed by atoms with Crippen LogP contribution in [0, 0.1) is 17.5 Å². The van der Waals surface area contributed by atoms with Gasteiger partial charge in [0.1, 0.15) is 23.0 Å². The Morgan fingerprint density at radius 1 is 0.938 bits per heavy atom. The molecular formula is C24H24F3N3OS. The van der Waals surface area contributed by atoms with Crippen molar-refractivity contribution in [3.05, 3.63) is 87.9 Å².